The van der Waals surface area contributed by atoms with Crippen LogP contribution in [0.5, 0.6) is 5.88 Å². The highest BCUT2D eigenvalue weighted by molar-refractivity contribution is 5.97. The number of carboxylic acids is 1. The number of aromatic carboxylic acids is 1. The first kappa shape index (κ1) is 28.2. The van der Waals surface area contributed by atoms with Gasteiger partial charge < -0.3 is 19.8 Å². The van der Waals surface area contributed by atoms with Crippen LogP contribution in [0.1, 0.15) is 66.0 Å². The third-order valence-corrected chi connectivity index (χ3v) is 6.41. The average Bonchev–Trinajstić information content (AvgIpc) is 2.86. The topological polar surface area (TPSA) is 103 Å². The lowest BCUT2D eigenvalue weighted by Crippen LogP contribution is -2.49. The molecule has 8 heteroatoms. The summed E-state index contributed by atoms with van der Waals surface area (Å²) in [5.41, 5.74) is 2.24. The lowest BCUT2D eigenvalue weighted by Gasteiger charge is -2.37. The summed E-state index contributed by atoms with van der Waals surface area (Å²) >= 11 is 0. The zero-order chi connectivity index (χ0) is 27.1. The molecule has 1 aliphatic rings. The number of hydrogen-bond donors (Lipinski definition) is 2. The molecule has 2 aromatic rings. The molecule has 0 saturated heterocycles. The summed E-state index contributed by atoms with van der Waals surface area (Å²) < 4.78 is 6.35. The van der Waals surface area contributed by atoms with Gasteiger partial charge in [0, 0.05) is 43.7 Å². The number of carbonyl (C=O) groups is 2. The fourth-order valence-electron chi connectivity index (χ4n) is 4.18. The van der Waals surface area contributed by atoms with Crippen molar-refractivity contribution in [1.82, 2.24) is 14.8 Å². The minimum Gasteiger partial charge on any atom is -0.478 e. The van der Waals surface area contributed by atoms with E-state index in [4.69, 9.17) is 9.84 Å². The van der Waals surface area contributed by atoms with Gasteiger partial charge in [-0.25, -0.2) is 9.78 Å². The number of carboxylic acid groups (broad SMARTS) is 1. The van der Waals surface area contributed by atoms with Crippen molar-refractivity contribution in [2.75, 3.05) is 26.7 Å². The molecular formula is C29H37N3O5. The van der Waals surface area contributed by atoms with Gasteiger partial charge >= 0.3 is 5.97 Å². The summed E-state index contributed by atoms with van der Waals surface area (Å²) in [5.74, 6) is 5.74. The molecule has 0 spiro atoms. The molecular weight excluding hydrogens is 470 g/mol. The number of pyridine rings is 1. The summed E-state index contributed by atoms with van der Waals surface area (Å²) in [6.07, 6.45) is 2.12. The molecule has 2 heterocycles. The molecule has 37 heavy (non-hydrogen) atoms. The van der Waals surface area contributed by atoms with Gasteiger partial charge in [0.1, 0.15) is 11.7 Å². The highest BCUT2D eigenvalue weighted by atomic mass is 16.5. The van der Waals surface area contributed by atoms with Crippen molar-refractivity contribution in [3.63, 3.8) is 0 Å². The SMILES string of the molecule is CC(C)CC#Cc1cnc2c(c1)C(=O)N([C@@H](C)CO)C[C@H](C)[C@@H](CN(C)Cc1ccc(C(=O)O)cc1)O2. The van der Waals surface area contributed by atoms with E-state index in [0.717, 1.165) is 12.0 Å². The number of aromatic nitrogens is 1. The number of hydrogen-bond acceptors (Lipinski definition) is 6. The number of nitrogens with zero attached hydrogens (tertiary/aromatic N) is 3. The van der Waals surface area contributed by atoms with Crippen molar-refractivity contribution in [3.8, 4) is 17.7 Å². The normalized spacial score (nSPS) is 18.4. The number of aliphatic hydroxyl groups excluding tert-OH is 1. The number of fused-ring (bicyclic) bond motifs is 1. The second kappa shape index (κ2) is 12.7. The van der Waals surface area contributed by atoms with Crippen molar-refractivity contribution in [1.29, 1.82) is 0 Å². The third kappa shape index (κ3) is 7.54. The van der Waals surface area contributed by atoms with Crippen molar-refractivity contribution in [2.45, 2.75) is 52.8 Å². The van der Waals surface area contributed by atoms with E-state index in [2.05, 4.69) is 35.6 Å². The Morgan fingerprint density at radius 1 is 1.27 bits per heavy atom. The van der Waals surface area contributed by atoms with Crippen LogP contribution < -0.4 is 4.74 Å². The molecule has 1 aromatic heterocycles. The lowest BCUT2D eigenvalue weighted by molar-refractivity contribution is 0.0325. The van der Waals surface area contributed by atoms with E-state index < -0.39 is 5.97 Å². The number of aliphatic hydroxyl groups is 1. The van der Waals surface area contributed by atoms with E-state index in [1.54, 1.807) is 29.3 Å². The van der Waals surface area contributed by atoms with Crippen LogP contribution in [-0.2, 0) is 6.54 Å². The number of amides is 1. The maximum Gasteiger partial charge on any atom is 0.335 e. The van der Waals surface area contributed by atoms with Crippen LogP contribution in [0.15, 0.2) is 36.5 Å². The van der Waals surface area contributed by atoms with Crippen molar-refractivity contribution < 1.29 is 24.5 Å². The van der Waals surface area contributed by atoms with Gasteiger partial charge in [0.2, 0.25) is 5.88 Å². The smallest absolute Gasteiger partial charge is 0.335 e. The Balaban J connectivity index is 1.86. The van der Waals surface area contributed by atoms with Crippen LogP contribution in [0, 0.1) is 23.7 Å². The van der Waals surface area contributed by atoms with E-state index in [-0.39, 0.29) is 42.0 Å². The van der Waals surface area contributed by atoms with Crippen molar-refractivity contribution in [2.24, 2.45) is 11.8 Å². The average molecular weight is 508 g/mol. The van der Waals surface area contributed by atoms with E-state index in [1.807, 2.05) is 33.0 Å². The summed E-state index contributed by atoms with van der Waals surface area (Å²) in [6, 6.07) is 8.19. The fourth-order valence-corrected chi connectivity index (χ4v) is 4.18. The molecule has 1 aromatic carbocycles. The quantitative estimate of drug-likeness (QED) is 0.527. The van der Waals surface area contributed by atoms with Crippen LogP contribution in [0.4, 0.5) is 0 Å². The van der Waals surface area contributed by atoms with E-state index in [0.29, 0.717) is 36.7 Å². The minimum absolute atomic E-state index is 0.0322. The Kier molecular flexibility index (Phi) is 9.67. The molecule has 1 aliphatic heterocycles. The van der Waals surface area contributed by atoms with E-state index in [1.165, 1.54) is 0 Å². The molecule has 0 saturated carbocycles. The Hall–Kier alpha value is -3.41. The Morgan fingerprint density at radius 3 is 2.59 bits per heavy atom. The number of carbonyl (C=O) groups excluding carboxylic acids is 1. The standard InChI is InChI=1S/C29H37N3O5/c1-19(2)7-6-8-23-13-25-27(30-14-23)37-26(20(3)15-32(28(25)34)21(4)18-33)17-31(5)16-22-9-11-24(12-10-22)29(35)36/h9-14,19-21,26,33H,7,15-18H2,1-5H3,(H,35,36)/t20-,21-,26+/m0/s1. The van der Waals surface area contributed by atoms with Gasteiger partial charge in [-0.2, -0.15) is 0 Å². The van der Waals surface area contributed by atoms with Gasteiger partial charge in [-0.1, -0.05) is 44.7 Å². The molecule has 3 atom stereocenters. The number of benzene rings is 1. The van der Waals surface area contributed by atoms with E-state index in [9.17, 15) is 14.7 Å². The highest BCUT2D eigenvalue weighted by Crippen LogP contribution is 2.27. The van der Waals surface area contributed by atoms with Gasteiger partial charge in [0.05, 0.1) is 18.2 Å². The van der Waals surface area contributed by atoms with Gasteiger partial charge in [-0.05, 0) is 43.7 Å². The molecule has 3 rings (SSSR count). The Bertz CT molecular complexity index is 1150. The van der Waals surface area contributed by atoms with Crippen LogP contribution in [-0.4, -0.2) is 75.8 Å². The zero-order valence-corrected chi connectivity index (χ0v) is 22.3. The first-order valence-corrected chi connectivity index (χ1v) is 12.7. The highest BCUT2D eigenvalue weighted by Gasteiger charge is 2.34. The predicted octanol–water partition coefficient (Wildman–Crippen LogP) is 3.53. The molecule has 0 fully saturated rings. The zero-order valence-electron chi connectivity index (χ0n) is 22.3. The third-order valence-electron chi connectivity index (χ3n) is 6.41. The van der Waals surface area contributed by atoms with Gasteiger partial charge in [0.25, 0.3) is 5.91 Å². The molecule has 0 aliphatic carbocycles. The molecule has 0 bridgehead atoms. The molecule has 2 N–H and O–H groups in total. The summed E-state index contributed by atoms with van der Waals surface area (Å²) in [7, 11) is 1.97. The first-order valence-electron chi connectivity index (χ1n) is 12.7. The van der Waals surface area contributed by atoms with Crippen LogP contribution in [0.2, 0.25) is 0 Å². The fraction of sp³-hybridized carbons (Fsp3) is 0.483. The van der Waals surface area contributed by atoms with Crippen LogP contribution in [0.3, 0.4) is 0 Å². The number of ether oxygens (including phenoxy) is 1. The summed E-state index contributed by atoms with van der Waals surface area (Å²) in [5, 5.41) is 19.0. The van der Waals surface area contributed by atoms with Crippen LogP contribution >= 0.6 is 0 Å². The maximum atomic E-state index is 13.5. The minimum atomic E-state index is -0.951. The van der Waals surface area contributed by atoms with Crippen molar-refractivity contribution >= 4 is 11.9 Å². The largest absolute Gasteiger partial charge is 0.478 e. The molecule has 8 nitrogen and oxygen atoms in total. The maximum absolute atomic E-state index is 13.5. The van der Waals surface area contributed by atoms with Gasteiger partial charge in [-0.3, -0.25) is 9.69 Å². The second-order valence-corrected chi connectivity index (χ2v) is 10.3. The van der Waals surface area contributed by atoms with Crippen LogP contribution in [0.25, 0.3) is 0 Å². The molecule has 0 radical (unpaired) electrons. The summed E-state index contributed by atoms with van der Waals surface area (Å²) in [4.78, 5) is 32.9. The Morgan fingerprint density at radius 2 is 1.97 bits per heavy atom. The number of rotatable bonds is 8. The van der Waals surface area contributed by atoms with Gasteiger partial charge in [-0.15, -0.1) is 0 Å². The molecule has 198 valence electrons. The number of likely N-dealkylation sites (N-methyl/N-ethyl adjacent to an activating group) is 1. The van der Waals surface area contributed by atoms with Gasteiger partial charge in [0.15, 0.2) is 0 Å². The Labute approximate surface area is 219 Å². The first-order chi connectivity index (χ1) is 17.6. The lowest BCUT2D eigenvalue weighted by atomic mass is 9.99. The van der Waals surface area contributed by atoms with Crippen molar-refractivity contribution in [3.05, 3.63) is 58.8 Å². The monoisotopic (exact) mass is 507 g/mol. The van der Waals surface area contributed by atoms with E-state index >= 15 is 0 Å². The second-order valence-electron chi connectivity index (χ2n) is 10.3. The predicted molar refractivity (Wildman–Crippen MR) is 141 cm³/mol. The summed E-state index contributed by atoms with van der Waals surface area (Å²) in [6.45, 7) is 9.50. The molecule has 1 amide bonds. The molecule has 0 unspecified atom stereocenters.